The van der Waals surface area contributed by atoms with Gasteiger partial charge in [0, 0.05) is 0 Å². The van der Waals surface area contributed by atoms with E-state index in [4.69, 9.17) is 9.47 Å². The van der Waals surface area contributed by atoms with Crippen molar-refractivity contribution in [2.45, 2.75) is 6.42 Å². The average Bonchev–Trinajstić information content (AvgIpc) is 2.36. The molecule has 5 heteroatoms. The van der Waals surface area contributed by atoms with Crippen LogP contribution < -0.4 is 9.47 Å². The van der Waals surface area contributed by atoms with Crippen molar-refractivity contribution in [2.75, 3.05) is 20.8 Å². The van der Waals surface area contributed by atoms with E-state index in [1.165, 1.54) is 7.11 Å². The van der Waals surface area contributed by atoms with Gasteiger partial charge in [-0.3, -0.25) is 9.59 Å². The van der Waals surface area contributed by atoms with Gasteiger partial charge in [-0.2, -0.15) is 0 Å². The molecule has 1 aromatic carbocycles. The summed E-state index contributed by atoms with van der Waals surface area (Å²) in [5.41, 5.74) is 0. The third-order valence-corrected chi connectivity index (χ3v) is 2.03. The van der Waals surface area contributed by atoms with Gasteiger partial charge >= 0.3 is 5.97 Å². The Morgan fingerprint density at radius 2 is 1.65 bits per heavy atom. The maximum Gasteiger partial charge on any atom is 0.313 e. The summed E-state index contributed by atoms with van der Waals surface area (Å²) in [5, 5.41) is 0. The second-order valence-corrected chi connectivity index (χ2v) is 3.26. The van der Waals surface area contributed by atoms with E-state index in [9.17, 15) is 9.59 Å². The zero-order valence-corrected chi connectivity index (χ0v) is 9.76. The fraction of sp³-hybridized carbons (Fsp3) is 0.333. The van der Waals surface area contributed by atoms with Crippen LogP contribution in [0.5, 0.6) is 11.5 Å². The van der Waals surface area contributed by atoms with Crippen molar-refractivity contribution in [1.29, 1.82) is 0 Å². The van der Waals surface area contributed by atoms with E-state index in [1.54, 1.807) is 31.4 Å². The van der Waals surface area contributed by atoms with Gasteiger partial charge in [0.05, 0.1) is 14.2 Å². The molecule has 0 spiro atoms. The van der Waals surface area contributed by atoms with Crippen molar-refractivity contribution >= 4 is 11.8 Å². The fourth-order valence-corrected chi connectivity index (χ4v) is 1.12. The van der Waals surface area contributed by atoms with Crippen LogP contribution in [0.3, 0.4) is 0 Å². The molecule has 0 saturated carbocycles. The molecular weight excluding hydrogens is 224 g/mol. The highest BCUT2D eigenvalue weighted by atomic mass is 16.5. The molecule has 0 aliphatic heterocycles. The van der Waals surface area contributed by atoms with E-state index in [0.717, 1.165) is 0 Å². The number of Topliss-reactive ketones (excluding diaryl/α,β-unsaturated/α-hetero) is 1. The lowest BCUT2D eigenvalue weighted by atomic mass is 10.3. The Morgan fingerprint density at radius 3 is 2.18 bits per heavy atom. The zero-order chi connectivity index (χ0) is 12.7. The summed E-state index contributed by atoms with van der Waals surface area (Å²) in [6.07, 6.45) is -0.271. The van der Waals surface area contributed by atoms with Crippen LogP contribution in [0, 0.1) is 0 Å². The van der Waals surface area contributed by atoms with Crippen molar-refractivity contribution in [2.24, 2.45) is 0 Å². The fourth-order valence-electron chi connectivity index (χ4n) is 1.12. The standard InChI is InChI=1S/C12H14O5/c1-15-10-3-5-11(6-4-10)17-8-9(13)7-12(14)16-2/h3-6H,7-8H2,1-2H3. The summed E-state index contributed by atoms with van der Waals surface area (Å²) >= 11 is 0. The molecule has 0 amide bonds. The Morgan fingerprint density at radius 1 is 1.06 bits per heavy atom. The van der Waals surface area contributed by atoms with Crippen LogP contribution in [0.2, 0.25) is 0 Å². The largest absolute Gasteiger partial charge is 0.497 e. The molecule has 0 aromatic heterocycles. The molecule has 0 saturated heterocycles. The minimum atomic E-state index is -0.562. The molecule has 0 fully saturated rings. The maximum absolute atomic E-state index is 11.3. The normalized spacial score (nSPS) is 9.53. The number of hydrogen-bond acceptors (Lipinski definition) is 5. The van der Waals surface area contributed by atoms with Crippen LogP contribution in [0.4, 0.5) is 0 Å². The quantitative estimate of drug-likeness (QED) is 0.550. The van der Waals surface area contributed by atoms with Crippen molar-refractivity contribution in [3.05, 3.63) is 24.3 Å². The first-order valence-corrected chi connectivity index (χ1v) is 5.01. The highest BCUT2D eigenvalue weighted by molar-refractivity contribution is 5.96. The van der Waals surface area contributed by atoms with E-state index in [1.807, 2.05) is 0 Å². The van der Waals surface area contributed by atoms with Gasteiger partial charge in [-0.25, -0.2) is 0 Å². The summed E-state index contributed by atoms with van der Waals surface area (Å²) in [4.78, 5) is 22.1. The van der Waals surface area contributed by atoms with E-state index in [-0.39, 0.29) is 18.8 Å². The van der Waals surface area contributed by atoms with Gasteiger partial charge in [0.2, 0.25) is 0 Å². The van der Waals surface area contributed by atoms with Gasteiger partial charge in [-0.15, -0.1) is 0 Å². The van der Waals surface area contributed by atoms with Crippen LogP contribution >= 0.6 is 0 Å². The van der Waals surface area contributed by atoms with E-state index in [2.05, 4.69) is 4.74 Å². The van der Waals surface area contributed by atoms with Gasteiger partial charge in [0.15, 0.2) is 5.78 Å². The number of ketones is 1. The smallest absolute Gasteiger partial charge is 0.313 e. The lowest BCUT2D eigenvalue weighted by Crippen LogP contribution is -2.16. The Bertz CT molecular complexity index is 382. The number of rotatable bonds is 6. The molecule has 5 nitrogen and oxygen atoms in total. The summed E-state index contributed by atoms with van der Waals surface area (Å²) in [7, 11) is 2.80. The molecule has 0 unspecified atom stereocenters. The predicted octanol–water partition coefficient (Wildman–Crippen LogP) is 1.21. The Hall–Kier alpha value is -2.04. The second-order valence-electron chi connectivity index (χ2n) is 3.26. The van der Waals surface area contributed by atoms with Crippen LogP contribution in [0.15, 0.2) is 24.3 Å². The highest BCUT2D eigenvalue weighted by Gasteiger charge is 2.10. The van der Waals surface area contributed by atoms with Crippen molar-refractivity contribution < 1.29 is 23.8 Å². The molecule has 1 rings (SSSR count). The molecule has 0 aliphatic rings. The zero-order valence-electron chi connectivity index (χ0n) is 9.76. The molecule has 1 aromatic rings. The molecule has 0 aliphatic carbocycles. The SMILES string of the molecule is COC(=O)CC(=O)COc1ccc(OC)cc1. The van der Waals surface area contributed by atoms with Crippen molar-refractivity contribution in [3.63, 3.8) is 0 Å². The number of carbonyl (C=O) groups excluding carboxylic acids is 2. The van der Waals surface area contributed by atoms with Gasteiger partial charge in [0.1, 0.15) is 24.5 Å². The number of benzene rings is 1. The molecule has 0 atom stereocenters. The molecule has 92 valence electrons. The van der Waals surface area contributed by atoms with E-state index in [0.29, 0.717) is 11.5 Å². The number of esters is 1. The summed E-state index contributed by atoms with van der Waals surface area (Å²) < 4.78 is 14.5. The third kappa shape index (κ3) is 4.55. The molecule has 17 heavy (non-hydrogen) atoms. The summed E-state index contributed by atoms with van der Waals surface area (Å²) in [5.74, 6) is 0.364. The predicted molar refractivity (Wildman–Crippen MR) is 60.1 cm³/mol. The summed E-state index contributed by atoms with van der Waals surface area (Å²) in [6, 6.07) is 6.81. The number of ether oxygens (including phenoxy) is 3. The highest BCUT2D eigenvalue weighted by Crippen LogP contribution is 2.16. The molecule has 0 N–H and O–H groups in total. The van der Waals surface area contributed by atoms with Crippen LogP contribution in [-0.2, 0) is 14.3 Å². The van der Waals surface area contributed by atoms with Gasteiger partial charge in [-0.05, 0) is 24.3 Å². The molecule has 0 bridgehead atoms. The van der Waals surface area contributed by atoms with Gasteiger partial charge in [-0.1, -0.05) is 0 Å². The van der Waals surface area contributed by atoms with E-state index >= 15 is 0 Å². The Balaban J connectivity index is 2.39. The molecular formula is C12H14O5. The van der Waals surface area contributed by atoms with Crippen LogP contribution in [0.1, 0.15) is 6.42 Å². The number of hydrogen-bond donors (Lipinski definition) is 0. The van der Waals surface area contributed by atoms with Gasteiger partial charge < -0.3 is 14.2 Å². The average molecular weight is 238 g/mol. The number of carbonyl (C=O) groups is 2. The van der Waals surface area contributed by atoms with Crippen LogP contribution in [0.25, 0.3) is 0 Å². The molecule has 0 heterocycles. The van der Waals surface area contributed by atoms with Crippen LogP contribution in [-0.4, -0.2) is 32.6 Å². The topological polar surface area (TPSA) is 61.8 Å². The minimum absolute atomic E-state index is 0.151. The van der Waals surface area contributed by atoms with Crippen molar-refractivity contribution in [1.82, 2.24) is 0 Å². The maximum atomic E-state index is 11.3. The molecule has 0 radical (unpaired) electrons. The lowest BCUT2D eigenvalue weighted by Gasteiger charge is -2.05. The Kier molecular flexibility index (Phi) is 5.00. The van der Waals surface area contributed by atoms with Gasteiger partial charge in [0.25, 0.3) is 0 Å². The first-order chi connectivity index (χ1) is 8.15. The third-order valence-electron chi connectivity index (χ3n) is 2.03. The Labute approximate surface area is 99.3 Å². The number of methoxy groups -OCH3 is 2. The minimum Gasteiger partial charge on any atom is -0.497 e. The lowest BCUT2D eigenvalue weighted by molar-refractivity contribution is -0.143. The first-order valence-electron chi connectivity index (χ1n) is 5.01. The summed E-state index contributed by atoms with van der Waals surface area (Å²) in [6.45, 7) is -0.151. The first kappa shape index (κ1) is 13.0. The second kappa shape index (κ2) is 6.52. The van der Waals surface area contributed by atoms with Crippen molar-refractivity contribution in [3.8, 4) is 11.5 Å². The monoisotopic (exact) mass is 238 g/mol. The van der Waals surface area contributed by atoms with E-state index < -0.39 is 5.97 Å².